The number of carbonyl (C=O) groups is 1. The number of hydrogen-bond donors (Lipinski definition) is 1. The third-order valence-electron chi connectivity index (χ3n) is 4.51. The molecule has 0 bridgehead atoms. The Morgan fingerprint density at radius 2 is 1.70 bits per heavy atom. The lowest BCUT2D eigenvalue weighted by atomic mass is 10.1. The number of carbonyl (C=O) groups excluding carboxylic acids is 1. The number of nitrogens with zero attached hydrogens (tertiary/aromatic N) is 1. The minimum absolute atomic E-state index is 0.292. The maximum Gasteiger partial charge on any atom is 0.256 e. The second kappa shape index (κ2) is 9.99. The minimum atomic E-state index is -0.823. The van der Waals surface area contributed by atoms with Gasteiger partial charge in [-0.25, -0.2) is 0 Å². The van der Waals surface area contributed by atoms with Gasteiger partial charge in [0.2, 0.25) is 0 Å². The molecule has 3 aromatic carbocycles. The highest BCUT2D eigenvalue weighted by molar-refractivity contribution is 5.98. The van der Waals surface area contributed by atoms with Crippen LogP contribution in [0.1, 0.15) is 27.5 Å². The summed E-state index contributed by atoms with van der Waals surface area (Å²) in [6.45, 7) is 0.453. The lowest BCUT2D eigenvalue weighted by Crippen LogP contribution is -2.28. The number of rotatable bonds is 8. The number of nitrogens with one attached hydrogen (secondary N) is 1. The summed E-state index contributed by atoms with van der Waals surface area (Å²) >= 11 is 0. The van der Waals surface area contributed by atoms with E-state index in [0.717, 1.165) is 5.56 Å². The first kappa shape index (κ1) is 20.7. The topological polar surface area (TPSA) is 80.6 Å². The number of para-hydroxylation sites is 1. The lowest BCUT2D eigenvalue weighted by molar-refractivity contribution is 0.0941. The van der Waals surface area contributed by atoms with Crippen LogP contribution in [0.15, 0.2) is 72.8 Å². The van der Waals surface area contributed by atoms with Gasteiger partial charge in [0.1, 0.15) is 18.4 Å². The van der Waals surface area contributed by atoms with Crippen LogP contribution in [0.25, 0.3) is 0 Å². The Kier molecular flexibility index (Phi) is 6.91. The van der Waals surface area contributed by atoms with Crippen molar-refractivity contribution in [3.63, 3.8) is 0 Å². The van der Waals surface area contributed by atoms with Gasteiger partial charge in [-0.2, -0.15) is 5.26 Å². The maximum absolute atomic E-state index is 12.7. The van der Waals surface area contributed by atoms with E-state index in [0.29, 0.717) is 35.0 Å². The average molecular weight is 402 g/mol. The Hall–Kier alpha value is -3.98. The molecule has 0 radical (unpaired) electrons. The molecule has 1 unspecified atom stereocenters. The maximum atomic E-state index is 12.7. The number of ether oxygens (including phenoxy) is 3. The molecule has 30 heavy (non-hydrogen) atoms. The van der Waals surface area contributed by atoms with E-state index < -0.39 is 11.9 Å². The first-order valence-corrected chi connectivity index (χ1v) is 9.34. The Balaban J connectivity index is 1.69. The van der Waals surface area contributed by atoms with Gasteiger partial charge >= 0.3 is 0 Å². The Bertz CT molecular complexity index is 1030. The highest BCUT2D eigenvalue weighted by Crippen LogP contribution is 2.31. The van der Waals surface area contributed by atoms with Crippen molar-refractivity contribution in [1.29, 1.82) is 5.26 Å². The Morgan fingerprint density at radius 3 is 2.33 bits per heavy atom. The molecule has 0 aliphatic heterocycles. The molecule has 0 spiro atoms. The van der Waals surface area contributed by atoms with E-state index in [1.807, 2.05) is 30.3 Å². The molecule has 1 amide bonds. The van der Waals surface area contributed by atoms with Gasteiger partial charge in [-0.1, -0.05) is 48.5 Å². The van der Waals surface area contributed by atoms with Crippen molar-refractivity contribution in [1.82, 2.24) is 5.32 Å². The van der Waals surface area contributed by atoms with Gasteiger partial charge in [-0.05, 0) is 35.4 Å². The zero-order valence-corrected chi connectivity index (χ0v) is 16.8. The number of benzene rings is 3. The average Bonchev–Trinajstić information content (AvgIpc) is 2.81. The normalized spacial score (nSPS) is 11.1. The smallest absolute Gasteiger partial charge is 0.256 e. The summed E-state index contributed by atoms with van der Waals surface area (Å²) in [4.78, 5) is 12.7. The molecule has 1 N–H and O–H groups in total. The zero-order chi connectivity index (χ0) is 21.3. The van der Waals surface area contributed by atoms with Gasteiger partial charge in [0.15, 0.2) is 11.5 Å². The lowest BCUT2D eigenvalue weighted by Gasteiger charge is -2.16. The van der Waals surface area contributed by atoms with Gasteiger partial charge in [0, 0.05) is 0 Å². The van der Waals surface area contributed by atoms with Crippen LogP contribution in [-0.4, -0.2) is 20.1 Å². The Labute approximate surface area is 175 Å². The molecule has 0 aromatic heterocycles. The quantitative estimate of drug-likeness (QED) is 0.608. The number of hydrogen-bond acceptors (Lipinski definition) is 5. The van der Waals surface area contributed by atoms with Gasteiger partial charge in [-0.15, -0.1) is 0 Å². The molecule has 3 aromatic rings. The summed E-state index contributed by atoms with van der Waals surface area (Å²) in [6.07, 6.45) is 0. The predicted molar refractivity (Wildman–Crippen MR) is 113 cm³/mol. The van der Waals surface area contributed by atoms with Crippen LogP contribution in [0.5, 0.6) is 17.2 Å². The second-order valence-corrected chi connectivity index (χ2v) is 6.42. The van der Waals surface area contributed by atoms with Gasteiger partial charge in [-0.3, -0.25) is 4.79 Å². The van der Waals surface area contributed by atoms with Crippen molar-refractivity contribution < 1.29 is 19.0 Å². The molecule has 0 fully saturated rings. The summed E-state index contributed by atoms with van der Waals surface area (Å²) < 4.78 is 16.3. The van der Waals surface area contributed by atoms with E-state index in [1.54, 1.807) is 42.5 Å². The van der Waals surface area contributed by atoms with Crippen LogP contribution in [0.2, 0.25) is 0 Å². The summed E-state index contributed by atoms with van der Waals surface area (Å²) in [5, 5.41) is 12.3. The van der Waals surface area contributed by atoms with Crippen LogP contribution < -0.4 is 19.5 Å². The standard InChI is InChI=1S/C24H22N2O4/c1-28-22-10-6-9-20(23(22)29-2)24(27)26-21(15-25)18-11-13-19(14-12-18)30-16-17-7-4-3-5-8-17/h3-14,21H,16H2,1-2H3,(H,26,27). The van der Waals surface area contributed by atoms with Crippen molar-refractivity contribution in [2.45, 2.75) is 12.6 Å². The minimum Gasteiger partial charge on any atom is -0.493 e. The van der Waals surface area contributed by atoms with Crippen LogP contribution in [0, 0.1) is 11.3 Å². The largest absolute Gasteiger partial charge is 0.493 e. The van der Waals surface area contributed by atoms with Crippen LogP contribution in [0.4, 0.5) is 0 Å². The highest BCUT2D eigenvalue weighted by atomic mass is 16.5. The summed E-state index contributed by atoms with van der Waals surface area (Å²) in [5.74, 6) is 1.01. The van der Waals surface area contributed by atoms with E-state index in [-0.39, 0.29) is 0 Å². The first-order valence-electron chi connectivity index (χ1n) is 9.34. The van der Waals surface area contributed by atoms with Gasteiger partial charge in [0.05, 0.1) is 25.9 Å². The van der Waals surface area contributed by atoms with Crippen molar-refractivity contribution in [2.24, 2.45) is 0 Å². The molecular weight excluding hydrogens is 380 g/mol. The fourth-order valence-corrected chi connectivity index (χ4v) is 2.96. The predicted octanol–water partition coefficient (Wildman–Crippen LogP) is 4.28. The Morgan fingerprint density at radius 1 is 0.967 bits per heavy atom. The fourth-order valence-electron chi connectivity index (χ4n) is 2.96. The van der Waals surface area contributed by atoms with Crippen molar-refractivity contribution in [2.75, 3.05) is 14.2 Å². The second-order valence-electron chi connectivity index (χ2n) is 6.42. The summed E-state index contributed by atoms with van der Waals surface area (Å²) in [7, 11) is 2.96. The van der Waals surface area contributed by atoms with E-state index >= 15 is 0 Å². The fraction of sp³-hybridized carbons (Fsp3) is 0.167. The molecule has 0 saturated carbocycles. The molecule has 0 aliphatic rings. The number of amides is 1. The summed E-state index contributed by atoms with van der Waals surface area (Å²) in [6, 6.07) is 23.2. The zero-order valence-electron chi connectivity index (χ0n) is 16.8. The van der Waals surface area contributed by atoms with E-state index in [2.05, 4.69) is 11.4 Å². The van der Waals surface area contributed by atoms with Crippen LogP contribution in [-0.2, 0) is 6.61 Å². The molecule has 6 nitrogen and oxygen atoms in total. The highest BCUT2D eigenvalue weighted by Gasteiger charge is 2.20. The molecule has 0 aliphatic carbocycles. The number of nitriles is 1. The van der Waals surface area contributed by atoms with Crippen molar-refractivity contribution in [3.05, 3.63) is 89.5 Å². The molecule has 152 valence electrons. The van der Waals surface area contributed by atoms with E-state index in [1.165, 1.54) is 14.2 Å². The van der Waals surface area contributed by atoms with Crippen LogP contribution >= 0.6 is 0 Å². The first-order chi connectivity index (χ1) is 14.7. The SMILES string of the molecule is COc1cccc(C(=O)NC(C#N)c2ccc(OCc3ccccc3)cc2)c1OC. The summed E-state index contributed by atoms with van der Waals surface area (Å²) in [5.41, 5.74) is 2.01. The molecule has 0 saturated heterocycles. The molecule has 1 atom stereocenters. The van der Waals surface area contributed by atoms with Gasteiger partial charge < -0.3 is 19.5 Å². The monoisotopic (exact) mass is 402 g/mol. The van der Waals surface area contributed by atoms with Gasteiger partial charge in [0.25, 0.3) is 5.91 Å². The van der Waals surface area contributed by atoms with E-state index in [4.69, 9.17) is 14.2 Å². The molecule has 6 heteroatoms. The molecular formula is C24H22N2O4. The third-order valence-corrected chi connectivity index (χ3v) is 4.51. The molecule has 3 rings (SSSR count). The molecule has 0 heterocycles. The third kappa shape index (κ3) is 4.89. The van der Waals surface area contributed by atoms with E-state index in [9.17, 15) is 10.1 Å². The number of methoxy groups -OCH3 is 2. The van der Waals surface area contributed by atoms with Crippen LogP contribution in [0.3, 0.4) is 0 Å². The van der Waals surface area contributed by atoms with Crippen molar-refractivity contribution >= 4 is 5.91 Å². The van der Waals surface area contributed by atoms with Crippen molar-refractivity contribution in [3.8, 4) is 23.3 Å².